The highest BCUT2D eigenvalue weighted by Gasteiger charge is 2.52. The number of carbonyl (C=O) groups excluding carboxylic acids is 2. The minimum Gasteiger partial charge on any atom is -0.494 e. The van der Waals surface area contributed by atoms with Gasteiger partial charge < -0.3 is 20.5 Å². The Labute approximate surface area is 178 Å². The van der Waals surface area contributed by atoms with Crippen LogP contribution in [-0.4, -0.2) is 29.7 Å². The number of benzene rings is 2. The fraction of sp³-hybridized carbons (Fsp3) is 0.333. The smallest absolute Gasteiger partial charge is 0.329 e. The highest BCUT2D eigenvalue weighted by atomic mass is 79.9. The summed E-state index contributed by atoms with van der Waals surface area (Å²) in [6.45, 7) is 6.15. The number of nitrogens with zero attached hydrogens (tertiary/aromatic N) is 1. The number of ether oxygens (including phenoxy) is 1. The van der Waals surface area contributed by atoms with Crippen LogP contribution in [-0.2, 0) is 10.5 Å². The molecule has 0 aliphatic carbocycles. The maximum atomic E-state index is 13.2. The summed E-state index contributed by atoms with van der Waals surface area (Å²) in [6.07, 6.45) is 0.683. The second-order valence-electron chi connectivity index (χ2n) is 6.84. The Balaban J connectivity index is 2.14. The van der Waals surface area contributed by atoms with Gasteiger partial charge in [-0.1, -0.05) is 22.9 Å². The zero-order valence-corrected chi connectivity index (χ0v) is 18.1. The molecule has 1 heterocycles. The van der Waals surface area contributed by atoms with Gasteiger partial charge in [-0.3, -0.25) is 9.69 Å². The highest BCUT2D eigenvalue weighted by molar-refractivity contribution is 9.10. The number of halogens is 1. The summed E-state index contributed by atoms with van der Waals surface area (Å²) in [7, 11) is 0. The number of hydrogen-bond donors (Lipinski definition) is 3. The molecule has 3 amide bonds. The van der Waals surface area contributed by atoms with Crippen LogP contribution in [0.25, 0.3) is 0 Å². The Morgan fingerprint density at radius 2 is 1.97 bits per heavy atom. The van der Waals surface area contributed by atoms with Gasteiger partial charge in [0.2, 0.25) is 0 Å². The molecule has 2 aromatic rings. The summed E-state index contributed by atoms with van der Waals surface area (Å²) >= 11 is 3.38. The number of rotatable bonds is 6. The fourth-order valence-electron chi connectivity index (χ4n) is 3.16. The average Bonchev–Trinajstić information content (AvgIpc) is 2.70. The molecular formula is C21H24BrN3O4. The van der Waals surface area contributed by atoms with Crippen molar-refractivity contribution in [3.8, 4) is 5.75 Å². The first kappa shape index (κ1) is 21.1. The zero-order chi connectivity index (χ0) is 21.2. The van der Waals surface area contributed by atoms with Crippen molar-refractivity contribution in [3.63, 3.8) is 0 Å². The molecule has 3 rings (SSSR count). The highest BCUT2D eigenvalue weighted by Crippen LogP contribution is 2.41. The summed E-state index contributed by atoms with van der Waals surface area (Å²) in [5.74, 6) is -0.0423. The Kier molecular flexibility index (Phi) is 6.14. The van der Waals surface area contributed by atoms with Crippen molar-refractivity contribution in [1.29, 1.82) is 0 Å². The monoisotopic (exact) mass is 461 g/mol. The third kappa shape index (κ3) is 3.95. The lowest BCUT2D eigenvalue weighted by molar-refractivity contribution is -0.140. The van der Waals surface area contributed by atoms with Crippen molar-refractivity contribution >= 4 is 39.2 Å². The fourth-order valence-corrected chi connectivity index (χ4v) is 3.53. The molecule has 1 aliphatic rings. The Morgan fingerprint density at radius 3 is 2.59 bits per heavy atom. The van der Waals surface area contributed by atoms with E-state index < -0.39 is 17.7 Å². The first-order chi connectivity index (χ1) is 13.8. The van der Waals surface area contributed by atoms with Crippen LogP contribution in [0.5, 0.6) is 5.75 Å². The van der Waals surface area contributed by atoms with E-state index >= 15 is 0 Å². The summed E-state index contributed by atoms with van der Waals surface area (Å²) in [4.78, 5) is 27.3. The van der Waals surface area contributed by atoms with Gasteiger partial charge in [0.05, 0.1) is 12.3 Å². The van der Waals surface area contributed by atoms with Crippen molar-refractivity contribution in [2.24, 2.45) is 0 Å². The molecule has 2 aromatic carbocycles. The summed E-state index contributed by atoms with van der Waals surface area (Å²) < 4.78 is 6.12. The third-order valence-electron chi connectivity index (χ3n) is 4.84. The second kappa shape index (κ2) is 8.42. The van der Waals surface area contributed by atoms with Crippen molar-refractivity contribution in [2.75, 3.05) is 16.8 Å². The molecule has 3 N–H and O–H groups in total. The van der Waals surface area contributed by atoms with Crippen molar-refractivity contribution in [2.45, 2.75) is 39.0 Å². The van der Waals surface area contributed by atoms with Gasteiger partial charge in [-0.2, -0.15) is 0 Å². The van der Waals surface area contributed by atoms with Gasteiger partial charge in [-0.15, -0.1) is 0 Å². The number of nitrogens with one attached hydrogen (secondary N) is 2. The van der Waals surface area contributed by atoms with E-state index in [1.165, 1.54) is 0 Å². The minimum absolute atomic E-state index is 0.172. The van der Waals surface area contributed by atoms with Crippen molar-refractivity contribution in [3.05, 3.63) is 52.5 Å². The standard InChI is InChI=1S/C21H24BrN3O4/c1-4-13(3)23-19(26)21(28)17-12-14(22)6-11-18(17)24-20(27)25(21)15-7-9-16(10-8-15)29-5-2/h6-13,28H,4-5H2,1-3H3,(H,23,26)(H,24,27)/t13-,21-/m0/s1. The molecule has 0 fully saturated rings. The van der Waals surface area contributed by atoms with Crippen LogP contribution in [0.15, 0.2) is 46.9 Å². The van der Waals surface area contributed by atoms with E-state index in [2.05, 4.69) is 26.6 Å². The van der Waals surface area contributed by atoms with E-state index in [0.29, 0.717) is 34.6 Å². The molecule has 0 spiro atoms. The number of amides is 3. The molecule has 154 valence electrons. The minimum atomic E-state index is -2.22. The average molecular weight is 462 g/mol. The third-order valence-corrected chi connectivity index (χ3v) is 5.33. The molecule has 0 unspecified atom stereocenters. The number of hydrogen-bond acceptors (Lipinski definition) is 4. The van der Waals surface area contributed by atoms with Crippen LogP contribution < -0.4 is 20.3 Å². The quantitative estimate of drug-likeness (QED) is 0.606. The van der Waals surface area contributed by atoms with E-state index in [1.54, 1.807) is 42.5 Å². The van der Waals surface area contributed by atoms with Crippen molar-refractivity contribution < 1.29 is 19.4 Å². The largest absolute Gasteiger partial charge is 0.494 e. The molecule has 2 atom stereocenters. The van der Waals surface area contributed by atoms with Crippen LogP contribution >= 0.6 is 15.9 Å². The van der Waals surface area contributed by atoms with Crippen LogP contribution in [0.4, 0.5) is 16.2 Å². The second-order valence-corrected chi connectivity index (χ2v) is 7.75. The summed E-state index contributed by atoms with van der Waals surface area (Å²) in [5.41, 5.74) is -1.21. The SMILES string of the molecule is CCOc1ccc(N2C(=O)Nc3ccc(Br)cc3[C@]2(O)C(=O)N[C@@H](C)CC)cc1. The maximum absolute atomic E-state index is 13.2. The van der Waals surface area contributed by atoms with E-state index in [0.717, 1.165) is 4.90 Å². The normalized spacial score (nSPS) is 19.2. The molecule has 29 heavy (non-hydrogen) atoms. The topological polar surface area (TPSA) is 90.9 Å². The van der Waals surface area contributed by atoms with E-state index in [9.17, 15) is 14.7 Å². The van der Waals surface area contributed by atoms with Gasteiger partial charge in [0.15, 0.2) is 0 Å². The lowest BCUT2D eigenvalue weighted by Crippen LogP contribution is -2.63. The lowest BCUT2D eigenvalue weighted by Gasteiger charge is -2.43. The summed E-state index contributed by atoms with van der Waals surface area (Å²) in [6, 6.07) is 10.9. The lowest BCUT2D eigenvalue weighted by atomic mass is 9.94. The van der Waals surface area contributed by atoms with E-state index in [-0.39, 0.29) is 11.6 Å². The van der Waals surface area contributed by atoms with Gasteiger partial charge in [0.1, 0.15) is 5.75 Å². The maximum Gasteiger partial charge on any atom is 0.329 e. The van der Waals surface area contributed by atoms with Crippen LogP contribution in [0.2, 0.25) is 0 Å². The predicted molar refractivity (Wildman–Crippen MR) is 115 cm³/mol. The predicted octanol–water partition coefficient (Wildman–Crippen LogP) is 3.96. The van der Waals surface area contributed by atoms with Crippen LogP contribution in [0.1, 0.15) is 32.8 Å². The number of fused-ring (bicyclic) bond motifs is 1. The van der Waals surface area contributed by atoms with E-state index in [1.807, 2.05) is 20.8 Å². The van der Waals surface area contributed by atoms with Crippen LogP contribution in [0, 0.1) is 0 Å². The molecule has 0 radical (unpaired) electrons. The summed E-state index contributed by atoms with van der Waals surface area (Å²) in [5, 5.41) is 17.3. The molecule has 7 nitrogen and oxygen atoms in total. The molecule has 0 bridgehead atoms. The molecule has 0 saturated carbocycles. The Morgan fingerprint density at radius 1 is 1.28 bits per heavy atom. The number of urea groups is 1. The van der Waals surface area contributed by atoms with Gasteiger partial charge in [-0.05, 0) is 62.7 Å². The van der Waals surface area contributed by atoms with Gasteiger partial charge in [0, 0.05) is 21.8 Å². The van der Waals surface area contributed by atoms with Crippen molar-refractivity contribution in [1.82, 2.24) is 5.32 Å². The Bertz CT molecular complexity index is 919. The first-order valence-electron chi connectivity index (χ1n) is 9.48. The number of carbonyl (C=O) groups is 2. The molecule has 0 saturated heterocycles. The first-order valence-corrected chi connectivity index (χ1v) is 10.3. The molecule has 0 aromatic heterocycles. The molecular weight excluding hydrogens is 438 g/mol. The van der Waals surface area contributed by atoms with Gasteiger partial charge in [-0.25, -0.2) is 4.79 Å². The van der Waals surface area contributed by atoms with Gasteiger partial charge in [0.25, 0.3) is 11.6 Å². The number of anilines is 2. The molecule has 1 aliphatic heterocycles. The zero-order valence-electron chi connectivity index (χ0n) is 16.5. The number of aliphatic hydroxyl groups is 1. The van der Waals surface area contributed by atoms with Crippen LogP contribution in [0.3, 0.4) is 0 Å². The Hall–Kier alpha value is -2.58. The van der Waals surface area contributed by atoms with Gasteiger partial charge >= 0.3 is 6.03 Å². The van der Waals surface area contributed by atoms with E-state index in [4.69, 9.17) is 4.74 Å². The molecule has 8 heteroatoms.